The first-order valence-electron chi connectivity index (χ1n) is 6.09. The molecule has 2 N–H and O–H groups in total. The number of rotatable bonds is 3. The van der Waals surface area contributed by atoms with Crippen LogP contribution in [-0.4, -0.2) is 48.0 Å². The number of hydrogen-bond donors (Lipinski definition) is 2. The van der Waals surface area contributed by atoms with Crippen molar-refractivity contribution in [1.29, 1.82) is 0 Å². The summed E-state index contributed by atoms with van der Waals surface area (Å²) in [6.45, 7) is 0.868. The van der Waals surface area contributed by atoms with Crippen LogP contribution in [0.25, 0.3) is 0 Å². The molecule has 1 atom stereocenters. The van der Waals surface area contributed by atoms with Crippen LogP contribution >= 0.6 is 0 Å². The number of carbonyl (C=O) groups excluding carboxylic acids is 3. The molecule has 2 aliphatic heterocycles. The fourth-order valence-electron chi connectivity index (χ4n) is 2.19. The van der Waals surface area contributed by atoms with E-state index in [1.165, 1.54) is 0 Å². The van der Waals surface area contributed by atoms with Crippen molar-refractivity contribution in [3.63, 3.8) is 0 Å². The number of amides is 4. The molecule has 0 saturated carbocycles. The third-order valence-electron chi connectivity index (χ3n) is 3.28. The number of halogens is 1. The van der Waals surface area contributed by atoms with E-state index in [0.717, 1.165) is 0 Å². The number of nitrogens with one attached hydrogen (secondary N) is 2. The zero-order valence-corrected chi connectivity index (χ0v) is 9.95. The number of urea groups is 1. The van der Waals surface area contributed by atoms with Gasteiger partial charge in [0.15, 0.2) is 0 Å². The monoisotopic (exact) mass is 257 g/mol. The lowest BCUT2D eigenvalue weighted by Crippen LogP contribution is -2.40. The largest absolute Gasteiger partial charge is 0.342 e. The Morgan fingerprint density at radius 1 is 1.33 bits per heavy atom. The van der Waals surface area contributed by atoms with Crippen molar-refractivity contribution in [2.45, 2.75) is 37.9 Å². The summed E-state index contributed by atoms with van der Waals surface area (Å²) >= 11 is 0. The van der Waals surface area contributed by atoms with Crippen LogP contribution in [0.1, 0.15) is 25.7 Å². The number of hydrogen-bond acceptors (Lipinski definition) is 3. The van der Waals surface area contributed by atoms with Gasteiger partial charge in [-0.1, -0.05) is 0 Å². The van der Waals surface area contributed by atoms with Crippen LogP contribution in [0.2, 0.25) is 0 Å². The summed E-state index contributed by atoms with van der Waals surface area (Å²) in [6.07, 6.45) is 0.425. The quantitative estimate of drug-likeness (QED) is 0.695. The molecule has 7 heteroatoms. The SMILES string of the molecule is O=C1NC(=O)[C@H](CCC(=O)N2CCC(F)CC2)N1. The topological polar surface area (TPSA) is 78.5 Å². The molecule has 0 aliphatic carbocycles. The summed E-state index contributed by atoms with van der Waals surface area (Å²) in [7, 11) is 0. The highest BCUT2D eigenvalue weighted by atomic mass is 19.1. The molecular formula is C11H16FN3O3. The van der Waals surface area contributed by atoms with Crippen LogP contribution in [0.3, 0.4) is 0 Å². The van der Waals surface area contributed by atoms with Crippen LogP contribution in [0, 0.1) is 0 Å². The predicted octanol–water partition coefficient (Wildman–Crippen LogP) is -0.0649. The minimum absolute atomic E-state index is 0.0872. The Balaban J connectivity index is 1.75. The van der Waals surface area contributed by atoms with Gasteiger partial charge >= 0.3 is 6.03 Å². The molecule has 0 aromatic rings. The summed E-state index contributed by atoms with van der Waals surface area (Å²) in [6, 6.07) is -1.14. The van der Waals surface area contributed by atoms with Gasteiger partial charge in [-0.15, -0.1) is 0 Å². The van der Waals surface area contributed by atoms with Crippen molar-refractivity contribution in [1.82, 2.24) is 15.5 Å². The summed E-state index contributed by atoms with van der Waals surface area (Å²) in [4.78, 5) is 35.5. The molecule has 2 fully saturated rings. The smallest absolute Gasteiger partial charge is 0.322 e. The van der Waals surface area contributed by atoms with E-state index in [0.29, 0.717) is 25.9 Å². The average molecular weight is 257 g/mol. The fourth-order valence-corrected chi connectivity index (χ4v) is 2.19. The van der Waals surface area contributed by atoms with E-state index in [1.807, 2.05) is 0 Å². The first-order valence-corrected chi connectivity index (χ1v) is 6.09. The Kier molecular flexibility index (Phi) is 3.78. The van der Waals surface area contributed by atoms with E-state index >= 15 is 0 Å². The second-order valence-corrected chi connectivity index (χ2v) is 4.61. The Labute approximate surface area is 104 Å². The molecule has 2 rings (SSSR count). The van der Waals surface area contributed by atoms with Crippen molar-refractivity contribution in [3.05, 3.63) is 0 Å². The van der Waals surface area contributed by atoms with E-state index in [-0.39, 0.29) is 18.7 Å². The number of likely N-dealkylation sites (tertiary alicyclic amines) is 1. The summed E-state index contributed by atoms with van der Waals surface area (Å²) < 4.78 is 12.9. The van der Waals surface area contributed by atoms with Gasteiger partial charge in [-0.2, -0.15) is 0 Å². The highest BCUT2D eigenvalue weighted by Crippen LogP contribution is 2.15. The first-order chi connectivity index (χ1) is 8.56. The second-order valence-electron chi connectivity index (χ2n) is 4.61. The number of alkyl halides is 1. The summed E-state index contributed by atoms with van der Waals surface area (Å²) in [5.41, 5.74) is 0. The van der Waals surface area contributed by atoms with Gasteiger partial charge < -0.3 is 10.2 Å². The van der Waals surface area contributed by atoms with E-state index in [1.54, 1.807) is 4.90 Å². The molecule has 0 spiro atoms. The number of nitrogens with zero attached hydrogens (tertiary/aromatic N) is 1. The van der Waals surface area contributed by atoms with Gasteiger partial charge in [0.1, 0.15) is 12.2 Å². The van der Waals surface area contributed by atoms with Gasteiger partial charge in [0.25, 0.3) is 5.91 Å². The highest BCUT2D eigenvalue weighted by Gasteiger charge is 2.30. The number of carbonyl (C=O) groups is 3. The maximum absolute atomic E-state index is 12.9. The zero-order valence-electron chi connectivity index (χ0n) is 9.95. The highest BCUT2D eigenvalue weighted by molar-refractivity contribution is 6.04. The molecule has 0 radical (unpaired) electrons. The van der Waals surface area contributed by atoms with Gasteiger partial charge in [-0.05, 0) is 19.3 Å². The Hall–Kier alpha value is -1.66. The maximum Gasteiger partial charge on any atom is 0.322 e. The molecule has 0 bridgehead atoms. The van der Waals surface area contributed by atoms with Crippen LogP contribution in [0.5, 0.6) is 0 Å². The minimum atomic E-state index is -0.811. The average Bonchev–Trinajstić information content (AvgIpc) is 2.66. The summed E-state index contributed by atoms with van der Waals surface area (Å²) in [5, 5.41) is 4.55. The maximum atomic E-state index is 12.9. The second kappa shape index (κ2) is 5.32. The van der Waals surface area contributed by atoms with Crippen LogP contribution in [0.15, 0.2) is 0 Å². The Bertz CT molecular complexity index is 367. The lowest BCUT2D eigenvalue weighted by molar-refractivity contribution is -0.133. The van der Waals surface area contributed by atoms with Crippen LogP contribution < -0.4 is 10.6 Å². The standard InChI is InChI=1S/C11H16FN3O3/c12-7-3-5-15(6-4-7)9(16)2-1-8-10(17)14-11(18)13-8/h7-8H,1-6H2,(H2,13,14,17,18)/t8-/m0/s1. The molecule has 6 nitrogen and oxygen atoms in total. The van der Waals surface area contributed by atoms with Crippen molar-refractivity contribution in [3.8, 4) is 0 Å². The molecule has 100 valence electrons. The Morgan fingerprint density at radius 2 is 2.00 bits per heavy atom. The third kappa shape index (κ3) is 2.96. The zero-order chi connectivity index (χ0) is 13.1. The van der Waals surface area contributed by atoms with Crippen molar-refractivity contribution in [2.24, 2.45) is 0 Å². The molecule has 2 aliphatic rings. The van der Waals surface area contributed by atoms with Crippen molar-refractivity contribution < 1.29 is 18.8 Å². The molecule has 2 heterocycles. The number of imide groups is 1. The normalized spacial score (nSPS) is 24.9. The number of piperidine rings is 1. The lowest BCUT2D eigenvalue weighted by atomic mass is 10.1. The molecule has 0 unspecified atom stereocenters. The van der Waals surface area contributed by atoms with Gasteiger partial charge in [-0.3, -0.25) is 14.9 Å². The van der Waals surface area contributed by atoms with Crippen LogP contribution in [0.4, 0.5) is 9.18 Å². The first kappa shape index (κ1) is 12.8. The predicted molar refractivity (Wildman–Crippen MR) is 60.4 cm³/mol. The molecule has 2 saturated heterocycles. The van der Waals surface area contributed by atoms with Crippen molar-refractivity contribution in [2.75, 3.05) is 13.1 Å². The van der Waals surface area contributed by atoms with Gasteiger partial charge in [0, 0.05) is 19.5 Å². The Morgan fingerprint density at radius 3 is 2.56 bits per heavy atom. The summed E-state index contributed by atoms with van der Waals surface area (Å²) in [5.74, 6) is -0.480. The molecule has 0 aromatic carbocycles. The van der Waals surface area contributed by atoms with Crippen molar-refractivity contribution >= 4 is 17.8 Å². The molecule has 18 heavy (non-hydrogen) atoms. The van der Waals surface area contributed by atoms with Crippen LogP contribution in [-0.2, 0) is 9.59 Å². The van der Waals surface area contributed by atoms with E-state index < -0.39 is 24.2 Å². The van der Waals surface area contributed by atoms with Gasteiger partial charge in [0.05, 0.1) is 0 Å². The van der Waals surface area contributed by atoms with E-state index in [2.05, 4.69) is 10.6 Å². The van der Waals surface area contributed by atoms with E-state index in [9.17, 15) is 18.8 Å². The van der Waals surface area contributed by atoms with E-state index in [4.69, 9.17) is 0 Å². The fraction of sp³-hybridized carbons (Fsp3) is 0.727. The minimum Gasteiger partial charge on any atom is -0.342 e. The molecular weight excluding hydrogens is 241 g/mol. The third-order valence-corrected chi connectivity index (χ3v) is 3.28. The molecule has 0 aromatic heterocycles. The lowest BCUT2D eigenvalue weighted by Gasteiger charge is -2.28. The van der Waals surface area contributed by atoms with Gasteiger partial charge in [0.2, 0.25) is 5.91 Å². The molecule has 4 amide bonds. The van der Waals surface area contributed by atoms with Gasteiger partial charge in [-0.25, -0.2) is 9.18 Å².